The third-order valence-electron chi connectivity index (χ3n) is 4.97. The molecule has 1 N–H and O–H groups in total. The number of carbonyl (C=O) groups excluding carboxylic acids is 1. The predicted octanol–water partition coefficient (Wildman–Crippen LogP) is 2.41. The molecule has 2 fully saturated rings. The van der Waals surface area contributed by atoms with E-state index in [2.05, 4.69) is 15.5 Å². The molecular formula is C16H26N4O3S3. The van der Waals surface area contributed by atoms with E-state index >= 15 is 0 Å². The van der Waals surface area contributed by atoms with Crippen molar-refractivity contribution < 1.29 is 13.2 Å². The minimum atomic E-state index is -2.99. The average Bonchev–Trinajstić information content (AvgIpc) is 3.21. The number of nitrogens with zero attached hydrogens (tertiary/aromatic N) is 3. The zero-order chi connectivity index (χ0) is 18.6. The molecule has 1 aliphatic heterocycles. The monoisotopic (exact) mass is 418 g/mol. The van der Waals surface area contributed by atoms with Gasteiger partial charge >= 0.3 is 0 Å². The summed E-state index contributed by atoms with van der Waals surface area (Å²) < 4.78 is 24.1. The van der Waals surface area contributed by atoms with Crippen LogP contribution >= 0.6 is 23.1 Å². The molecule has 146 valence electrons. The van der Waals surface area contributed by atoms with Crippen LogP contribution in [0.2, 0.25) is 0 Å². The van der Waals surface area contributed by atoms with Crippen molar-refractivity contribution in [3.8, 4) is 0 Å². The molecule has 1 aliphatic carbocycles. The number of sulfone groups is 1. The molecule has 0 spiro atoms. The Morgan fingerprint density at radius 1 is 1.27 bits per heavy atom. The highest BCUT2D eigenvalue weighted by Gasteiger charge is 2.33. The van der Waals surface area contributed by atoms with Crippen molar-refractivity contribution in [3.63, 3.8) is 0 Å². The van der Waals surface area contributed by atoms with Gasteiger partial charge < -0.3 is 10.2 Å². The number of aromatic nitrogens is 2. The maximum atomic E-state index is 12.5. The highest BCUT2D eigenvalue weighted by molar-refractivity contribution is 8.01. The summed E-state index contributed by atoms with van der Waals surface area (Å²) in [5.41, 5.74) is 0. The van der Waals surface area contributed by atoms with Crippen molar-refractivity contribution in [3.05, 3.63) is 0 Å². The van der Waals surface area contributed by atoms with Crippen LogP contribution < -0.4 is 5.32 Å². The number of hydrogen-bond donors (Lipinski definition) is 1. The second-order valence-corrected chi connectivity index (χ2v) is 11.3. The van der Waals surface area contributed by atoms with Gasteiger partial charge in [0.2, 0.25) is 11.0 Å². The van der Waals surface area contributed by atoms with Crippen molar-refractivity contribution in [2.24, 2.45) is 0 Å². The van der Waals surface area contributed by atoms with E-state index in [1.807, 2.05) is 6.92 Å². The highest BCUT2D eigenvalue weighted by Crippen LogP contribution is 2.29. The molecule has 0 aromatic carbocycles. The van der Waals surface area contributed by atoms with Crippen LogP contribution in [-0.4, -0.2) is 65.3 Å². The summed E-state index contributed by atoms with van der Waals surface area (Å²) in [4.78, 5) is 14.2. The third-order valence-corrected chi connectivity index (χ3v) is 8.69. The lowest BCUT2D eigenvalue weighted by atomic mass is 9.96. The molecule has 0 bridgehead atoms. The Labute approximate surface area is 163 Å². The molecule has 7 nitrogen and oxygen atoms in total. The van der Waals surface area contributed by atoms with Gasteiger partial charge in [-0.1, -0.05) is 42.4 Å². The summed E-state index contributed by atoms with van der Waals surface area (Å²) in [5, 5.41) is 12.6. The van der Waals surface area contributed by atoms with Gasteiger partial charge in [0.1, 0.15) is 0 Å². The molecule has 2 heterocycles. The molecule has 2 aliphatic rings. The smallest absolute Gasteiger partial charge is 0.233 e. The first kappa shape index (κ1) is 19.9. The first-order chi connectivity index (χ1) is 12.5. The van der Waals surface area contributed by atoms with Crippen LogP contribution in [0, 0.1) is 0 Å². The lowest BCUT2D eigenvalue weighted by Crippen LogP contribution is -2.41. The van der Waals surface area contributed by atoms with Gasteiger partial charge in [-0.25, -0.2) is 8.42 Å². The fourth-order valence-electron chi connectivity index (χ4n) is 3.61. The van der Waals surface area contributed by atoms with Gasteiger partial charge in [-0.05, 0) is 26.2 Å². The van der Waals surface area contributed by atoms with Gasteiger partial charge in [-0.2, -0.15) is 0 Å². The molecule has 1 amide bonds. The number of amides is 1. The molecule has 1 aromatic rings. The summed E-state index contributed by atoms with van der Waals surface area (Å²) in [6.07, 6.45) is 6.73. The zero-order valence-corrected chi connectivity index (χ0v) is 17.5. The summed E-state index contributed by atoms with van der Waals surface area (Å²) >= 11 is 2.86. The van der Waals surface area contributed by atoms with Crippen molar-refractivity contribution in [1.82, 2.24) is 15.1 Å². The van der Waals surface area contributed by atoms with Gasteiger partial charge in [0.25, 0.3) is 0 Å². The summed E-state index contributed by atoms with van der Waals surface area (Å²) in [6.45, 7) is 2.43. The fourth-order valence-corrected chi connectivity index (χ4v) is 7.06. The van der Waals surface area contributed by atoms with Crippen LogP contribution in [0.1, 0.15) is 45.4 Å². The van der Waals surface area contributed by atoms with Crippen molar-refractivity contribution in [1.29, 1.82) is 0 Å². The number of rotatable bonds is 7. The van der Waals surface area contributed by atoms with Gasteiger partial charge in [0.05, 0.1) is 17.3 Å². The van der Waals surface area contributed by atoms with E-state index in [9.17, 15) is 13.2 Å². The molecule has 1 atom stereocenters. The van der Waals surface area contributed by atoms with Gasteiger partial charge in [-0.3, -0.25) is 4.79 Å². The Kier molecular flexibility index (Phi) is 6.79. The molecular weight excluding hydrogens is 392 g/mol. The van der Waals surface area contributed by atoms with Crippen LogP contribution in [0.3, 0.4) is 0 Å². The normalized spacial score (nSPS) is 23.0. The van der Waals surface area contributed by atoms with E-state index in [1.165, 1.54) is 55.2 Å². The largest absolute Gasteiger partial charge is 0.357 e. The standard InChI is InChI=1S/C16H26N4O3S3/c1-2-20(13-8-9-26(22,23)11-13)14(21)10-24-16-19-18-15(25-16)17-12-6-4-3-5-7-12/h12-13H,2-11H2,1H3,(H,17,18)/t13-/m0/s1. The second kappa shape index (κ2) is 8.88. The third kappa shape index (κ3) is 5.32. The van der Waals surface area contributed by atoms with E-state index in [1.54, 1.807) is 4.90 Å². The summed E-state index contributed by atoms with van der Waals surface area (Å²) in [7, 11) is -2.99. The van der Waals surface area contributed by atoms with Gasteiger partial charge in [0.15, 0.2) is 14.2 Å². The van der Waals surface area contributed by atoms with Crippen molar-refractivity contribution in [2.75, 3.05) is 29.1 Å². The van der Waals surface area contributed by atoms with Gasteiger partial charge in [0, 0.05) is 18.6 Å². The molecule has 1 aromatic heterocycles. The lowest BCUT2D eigenvalue weighted by molar-refractivity contribution is -0.129. The van der Waals surface area contributed by atoms with Crippen LogP contribution in [-0.2, 0) is 14.6 Å². The Bertz CT molecular complexity index is 716. The Hall–Kier alpha value is -0.870. The maximum absolute atomic E-state index is 12.5. The maximum Gasteiger partial charge on any atom is 0.233 e. The summed E-state index contributed by atoms with van der Waals surface area (Å²) in [6, 6.07) is 0.298. The highest BCUT2D eigenvalue weighted by atomic mass is 32.2. The Balaban J connectivity index is 1.49. The number of nitrogens with one attached hydrogen (secondary N) is 1. The topological polar surface area (TPSA) is 92.3 Å². The number of thioether (sulfide) groups is 1. The minimum absolute atomic E-state index is 0.0309. The Morgan fingerprint density at radius 3 is 2.69 bits per heavy atom. The average molecular weight is 419 g/mol. The molecule has 1 saturated carbocycles. The first-order valence-electron chi connectivity index (χ1n) is 9.19. The number of hydrogen-bond acceptors (Lipinski definition) is 8. The van der Waals surface area contributed by atoms with Crippen molar-refractivity contribution >= 4 is 44.0 Å². The molecule has 0 unspecified atom stereocenters. The quantitative estimate of drug-likeness (QED) is 0.680. The zero-order valence-electron chi connectivity index (χ0n) is 15.0. The molecule has 0 radical (unpaired) electrons. The fraction of sp³-hybridized carbons (Fsp3) is 0.812. The van der Waals surface area contributed by atoms with Crippen LogP contribution in [0.5, 0.6) is 0 Å². The van der Waals surface area contributed by atoms with Crippen LogP contribution in [0.4, 0.5) is 5.13 Å². The van der Waals surface area contributed by atoms with E-state index in [-0.39, 0.29) is 29.2 Å². The van der Waals surface area contributed by atoms with E-state index < -0.39 is 9.84 Å². The molecule has 3 rings (SSSR count). The second-order valence-electron chi connectivity index (χ2n) is 6.88. The van der Waals surface area contributed by atoms with Crippen molar-refractivity contribution in [2.45, 2.75) is 61.9 Å². The SMILES string of the molecule is CCN(C(=O)CSc1nnc(NC2CCCCC2)s1)[C@H]1CCS(=O)(=O)C1. The minimum Gasteiger partial charge on any atom is -0.357 e. The number of carbonyl (C=O) groups is 1. The van der Waals surface area contributed by atoms with Crippen LogP contribution in [0.25, 0.3) is 0 Å². The van der Waals surface area contributed by atoms with E-state index in [0.717, 1.165) is 9.47 Å². The van der Waals surface area contributed by atoms with E-state index in [4.69, 9.17) is 0 Å². The van der Waals surface area contributed by atoms with Crippen LogP contribution in [0.15, 0.2) is 4.34 Å². The van der Waals surface area contributed by atoms with Gasteiger partial charge in [-0.15, -0.1) is 10.2 Å². The predicted molar refractivity (Wildman–Crippen MR) is 106 cm³/mol. The Morgan fingerprint density at radius 2 is 2.04 bits per heavy atom. The number of anilines is 1. The first-order valence-corrected chi connectivity index (χ1v) is 12.8. The lowest BCUT2D eigenvalue weighted by Gasteiger charge is -2.26. The van der Waals surface area contributed by atoms with E-state index in [0.29, 0.717) is 19.0 Å². The molecule has 26 heavy (non-hydrogen) atoms. The molecule has 1 saturated heterocycles. The molecule has 10 heteroatoms. The summed E-state index contributed by atoms with van der Waals surface area (Å²) in [5.74, 6) is 0.506.